The van der Waals surface area contributed by atoms with Crippen molar-refractivity contribution in [2.45, 2.75) is 19.4 Å². The van der Waals surface area contributed by atoms with Gasteiger partial charge in [0.05, 0.1) is 18.3 Å². The van der Waals surface area contributed by atoms with Crippen LogP contribution in [0.15, 0.2) is 24.3 Å². The molecule has 2 N–H and O–H groups in total. The number of nitrogens with zero attached hydrogens (tertiary/aromatic N) is 1. The van der Waals surface area contributed by atoms with Gasteiger partial charge in [-0.15, -0.1) is 0 Å². The summed E-state index contributed by atoms with van der Waals surface area (Å²) in [5, 5.41) is 11.8. The minimum absolute atomic E-state index is 0.0636. The molecule has 1 aromatic carbocycles. The molecule has 4 nitrogen and oxygen atoms in total. The second kappa shape index (κ2) is 5.35. The number of likely N-dealkylation sites (tertiary alicyclic amines) is 1. The van der Waals surface area contributed by atoms with Crippen molar-refractivity contribution in [1.82, 2.24) is 4.90 Å². The van der Waals surface area contributed by atoms with Gasteiger partial charge in [-0.05, 0) is 24.5 Å². The van der Waals surface area contributed by atoms with E-state index in [0.29, 0.717) is 6.54 Å². The van der Waals surface area contributed by atoms with E-state index in [-0.39, 0.29) is 30.3 Å². The lowest BCUT2D eigenvalue weighted by Gasteiger charge is -2.25. The first-order valence-corrected chi connectivity index (χ1v) is 6.06. The van der Waals surface area contributed by atoms with Gasteiger partial charge in [0.2, 0.25) is 0 Å². The Morgan fingerprint density at radius 2 is 2.28 bits per heavy atom. The van der Waals surface area contributed by atoms with E-state index in [9.17, 15) is 14.3 Å². The molecular weight excluding hydrogens is 235 g/mol. The minimum atomic E-state index is -0.460. The van der Waals surface area contributed by atoms with Gasteiger partial charge in [-0.25, -0.2) is 9.18 Å². The minimum Gasteiger partial charge on any atom is -0.394 e. The molecular formula is C13H17FN2O2. The highest BCUT2D eigenvalue weighted by Crippen LogP contribution is 2.24. The molecule has 98 valence electrons. The molecule has 5 heteroatoms. The fourth-order valence-electron chi connectivity index (χ4n) is 2.29. The molecule has 1 fully saturated rings. The Hall–Kier alpha value is -1.62. The van der Waals surface area contributed by atoms with E-state index >= 15 is 0 Å². The molecule has 0 spiro atoms. The van der Waals surface area contributed by atoms with Gasteiger partial charge in [0.1, 0.15) is 5.82 Å². The van der Waals surface area contributed by atoms with Gasteiger partial charge in [-0.1, -0.05) is 19.1 Å². The summed E-state index contributed by atoms with van der Waals surface area (Å²) in [5.74, 6) is -0.194. The van der Waals surface area contributed by atoms with Gasteiger partial charge >= 0.3 is 6.03 Å². The molecule has 2 atom stereocenters. The third-order valence-corrected chi connectivity index (χ3v) is 3.45. The zero-order chi connectivity index (χ0) is 13.1. The Morgan fingerprint density at radius 3 is 2.94 bits per heavy atom. The Bertz CT molecular complexity index is 439. The van der Waals surface area contributed by atoms with Crippen molar-refractivity contribution in [3.8, 4) is 0 Å². The zero-order valence-electron chi connectivity index (χ0n) is 10.3. The summed E-state index contributed by atoms with van der Waals surface area (Å²) in [4.78, 5) is 13.6. The summed E-state index contributed by atoms with van der Waals surface area (Å²) in [6.07, 6.45) is 0.857. The van der Waals surface area contributed by atoms with Crippen LogP contribution in [-0.4, -0.2) is 35.2 Å². The number of carbonyl (C=O) groups is 1. The van der Waals surface area contributed by atoms with E-state index in [0.717, 1.165) is 6.42 Å². The van der Waals surface area contributed by atoms with Gasteiger partial charge in [-0.2, -0.15) is 0 Å². The van der Waals surface area contributed by atoms with Crippen LogP contribution in [0.1, 0.15) is 13.3 Å². The van der Waals surface area contributed by atoms with Crippen LogP contribution in [0.3, 0.4) is 0 Å². The van der Waals surface area contributed by atoms with Crippen LogP contribution in [0.5, 0.6) is 0 Å². The predicted molar refractivity (Wildman–Crippen MR) is 66.8 cm³/mol. The van der Waals surface area contributed by atoms with Crippen LogP contribution < -0.4 is 5.32 Å². The number of aliphatic hydroxyl groups is 1. The fourth-order valence-corrected chi connectivity index (χ4v) is 2.29. The molecule has 1 aromatic rings. The second-order valence-electron chi connectivity index (χ2n) is 4.62. The number of hydrogen-bond donors (Lipinski definition) is 2. The van der Waals surface area contributed by atoms with Crippen molar-refractivity contribution < 1.29 is 14.3 Å². The maximum atomic E-state index is 13.4. The number of rotatable bonds is 2. The van der Waals surface area contributed by atoms with Crippen LogP contribution in [0.4, 0.5) is 14.9 Å². The Balaban J connectivity index is 2.07. The molecule has 0 aliphatic carbocycles. The molecule has 1 aliphatic rings. The van der Waals surface area contributed by atoms with Crippen molar-refractivity contribution in [3.05, 3.63) is 30.1 Å². The van der Waals surface area contributed by atoms with Crippen molar-refractivity contribution in [1.29, 1.82) is 0 Å². The molecule has 0 saturated carbocycles. The number of benzene rings is 1. The topological polar surface area (TPSA) is 52.6 Å². The van der Waals surface area contributed by atoms with E-state index in [1.807, 2.05) is 6.92 Å². The fraction of sp³-hybridized carbons (Fsp3) is 0.462. The third-order valence-electron chi connectivity index (χ3n) is 3.45. The third kappa shape index (κ3) is 2.46. The van der Waals surface area contributed by atoms with Crippen LogP contribution in [-0.2, 0) is 0 Å². The first kappa shape index (κ1) is 12.8. The number of anilines is 1. The molecule has 1 saturated heterocycles. The second-order valence-corrected chi connectivity index (χ2v) is 4.62. The standard InChI is InChI=1S/C13H17FN2O2/c1-9-6-7-16(12(9)8-17)13(18)15-11-5-3-2-4-10(11)14/h2-5,9,12,17H,6-8H2,1H3,(H,15,18). The van der Waals surface area contributed by atoms with Crippen LogP contribution in [0.25, 0.3) is 0 Å². The normalized spacial score (nSPS) is 23.2. The number of carbonyl (C=O) groups excluding carboxylic acids is 1. The van der Waals surface area contributed by atoms with Crippen LogP contribution in [0, 0.1) is 11.7 Å². The van der Waals surface area contributed by atoms with E-state index in [1.165, 1.54) is 12.1 Å². The summed E-state index contributed by atoms with van der Waals surface area (Å²) < 4.78 is 13.4. The Kier molecular flexibility index (Phi) is 3.81. The first-order valence-electron chi connectivity index (χ1n) is 6.06. The molecule has 18 heavy (non-hydrogen) atoms. The molecule has 1 aliphatic heterocycles. The highest BCUT2D eigenvalue weighted by Gasteiger charge is 2.33. The van der Waals surface area contributed by atoms with Gasteiger partial charge in [0, 0.05) is 6.54 Å². The van der Waals surface area contributed by atoms with Crippen molar-refractivity contribution in [2.75, 3.05) is 18.5 Å². The lowest BCUT2D eigenvalue weighted by Crippen LogP contribution is -2.42. The highest BCUT2D eigenvalue weighted by atomic mass is 19.1. The van der Waals surface area contributed by atoms with Gasteiger partial charge in [-0.3, -0.25) is 0 Å². The van der Waals surface area contributed by atoms with Crippen LogP contribution >= 0.6 is 0 Å². The Morgan fingerprint density at radius 1 is 1.56 bits per heavy atom. The number of halogens is 1. The largest absolute Gasteiger partial charge is 0.394 e. The maximum absolute atomic E-state index is 13.4. The molecule has 0 radical (unpaired) electrons. The van der Waals surface area contributed by atoms with E-state index < -0.39 is 5.82 Å². The smallest absolute Gasteiger partial charge is 0.322 e. The average Bonchev–Trinajstić information content (AvgIpc) is 2.73. The quantitative estimate of drug-likeness (QED) is 0.846. The number of hydrogen-bond acceptors (Lipinski definition) is 2. The zero-order valence-corrected chi connectivity index (χ0v) is 10.3. The van der Waals surface area contributed by atoms with Crippen molar-refractivity contribution in [2.24, 2.45) is 5.92 Å². The van der Waals surface area contributed by atoms with Crippen LogP contribution in [0.2, 0.25) is 0 Å². The number of para-hydroxylation sites is 1. The maximum Gasteiger partial charge on any atom is 0.322 e. The summed E-state index contributed by atoms with van der Waals surface area (Å²) >= 11 is 0. The Labute approximate surface area is 105 Å². The van der Waals surface area contributed by atoms with Gasteiger partial charge < -0.3 is 15.3 Å². The number of aliphatic hydroxyl groups excluding tert-OH is 1. The molecule has 2 rings (SSSR count). The summed E-state index contributed by atoms with van der Waals surface area (Å²) in [6.45, 7) is 2.52. The summed E-state index contributed by atoms with van der Waals surface area (Å²) in [5.41, 5.74) is 0.166. The number of nitrogens with one attached hydrogen (secondary N) is 1. The van der Waals surface area contributed by atoms with E-state index in [1.54, 1.807) is 17.0 Å². The average molecular weight is 252 g/mol. The molecule has 1 heterocycles. The van der Waals surface area contributed by atoms with Crippen molar-refractivity contribution >= 4 is 11.7 Å². The lowest BCUT2D eigenvalue weighted by molar-refractivity contribution is 0.152. The van der Waals surface area contributed by atoms with Gasteiger partial charge in [0.25, 0.3) is 0 Å². The van der Waals surface area contributed by atoms with Gasteiger partial charge in [0.15, 0.2) is 0 Å². The molecule has 2 unspecified atom stereocenters. The molecule has 2 amide bonds. The lowest BCUT2D eigenvalue weighted by atomic mass is 10.0. The summed E-state index contributed by atoms with van der Waals surface area (Å²) in [7, 11) is 0. The monoisotopic (exact) mass is 252 g/mol. The highest BCUT2D eigenvalue weighted by molar-refractivity contribution is 5.89. The summed E-state index contributed by atoms with van der Waals surface area (Å²) in [6, 6.07) is 5.50. The predicted octanol–water partition coefficient (Wildman–Crippen LogP) is 2.06. The number of urea groups is 1. The number of amides is 2. The van der Waals surface area contributed by atoms with E-state index in [4.69, 9.17) is 0 Å². The molecule has 0 bridgehead atoms. The first-order chi connectivity index (χ1) is 8.63. The SMILES string of the molecule is CC1CCN(C(=O)Nc2ccccc2F)C1CO. The van der Waals surface area contributed by atoms with Crippen molar-refractivity contribution in [3.63, 3.8) is 0 Å². The molecule has 0 aromatic heterocycles. The van der Waals surface area contributed by atoms with E-state index in [2.05, 4.69) is 5.32 Å².